The van der Waals surface area contributed by atoms with Crippen molar-refractivity contribution in [2.24, 2.45) is 0 Å². The topological polar surface area (TPSA) is 63.7 Å². The maximum Gasteiger partial charge on any atom is 0.293 e. The molecule has 1 aliphatic heterocycles. The summed E-state index contributed by atoms with van der Waals surface area (Å²) in [5.74, 6) is -0.472. The second-order valence-corrected chi connectivity index (χ2v) is 5.67. The van der Waals surface area contributed by atoms with Crippen molar-refractivity contribution in [1.82, 2.24) is 4.90 Å². The molecule has 24 heavy (non-hydrogen) atoms. The highest BCUT2D eigenvalue weighted by atomic mass is 16.5. The monoisotopic (exact) mass is 323 g/mol. The fourth-order valence-corrected chi connectivity index (χ4v) is 2.80. The van der Waals surface area contributed by atoms with Gasteiger partial charge in [-0.2, -0.15) is 0 Å². The molecule has 2 aromatic rings. The average Bonchev–Trinajstić information content (AvgIpc) is 2.85. The van der Waals surface area contributed by atoms with Crippen molar-refractivity contribution in [2.75, 3.05) is 6.54 Å². The first-order chi connectivity index (χ1) is 11.6. The van der Waals surface area contributed by atoms with Crippen LogP contribution in [0.5, 0.6) is 0 Å². The number of carbonyl (C=O) groups excluding carboxylic acids is 3. The second kappa shape index (κ2) is 6.66. The molecule has 0 saturated heterocycles. The van der Waals surface area contributed by atoms with Crippen molar-refractivity contribution in [3.05, 3.63) is 70.8 Å². The Morgan fingerprint density at radius 3 is 2.12 bits per heavy atom. The van der Waals surface area contributed by atoms with Gasteiger partial charge in [-0.25, -0.2) is 0 Å². The van der Waals surface area contributed by atoms with E-state index in [2.05, 4.69) is 0 Å². The van der Waals surface area contributed by atoms with Crippen molar-refractivity contribution < 1.29 is 19.1 Å². The van der Waals surface area contributed by atoms with Crippen molar-refractivity contribution >= 4 is 18.3 Å². The van der Waals surface area contributed by atoms with Crippen molar-refractivity contribution in [3.63, 3.8) is 0 Å². The zero-order valence-electron chi connectivity index (χ0n) is 13.3. The Kier molecular flexibility index (Phi) is 4.42. The summed E-state index contributed by atoms with van der Waals surface area (Å²) in [4.78, 5) is 36.3. The van der Waals surface area contributed by atoms with Crippen LogP contribution in [0.4, 0.5) is 0 Å². The number of benzene rings is 2. The van der Waals surface area contributed by atoms with E-state index in [4.69, 9.17) is 4.74 Å². The van der Waals surface area contributed by atoms with Gasteiger partial charge in [0.1, 0.15) is 6.10 Å². The van der Waals surface area contributed by atoms with Gasteiger partial charge >= 0.3 is 0 Å². The Hall–Kier alpha value is -2.95. The first kappa shape index (κ1) is 15.9. The molecule has 0 spiro atoms. The summed E-state index contributed by atoms with van der Waals surface area (Å²) in [6.07, 6.45) is 0.280. The zero-order chi connectivity index (χ0) is 17.1. The predicted molar refractivity (Wildman–Crippen MR) is 87.5 cm³/mol. The van der Waals surface area contributed by atoms with Gasteiger partial charge in [0.2, 0.25) is 0 Å². The van der Waals surface area contributed by atoms with E-state index in [1.165, 1.54) is 4.90 Å². The number of imide groups is 1. The summed E-state index contributed by atoms with van der Waals surface area (Å²) in [5, 5.41) is 0. The molecule has 3 rings (SSSR count). The van der Waals surface area contributed by atoms with Crippen LogP contribution < -0.4 is 0 Å². The van der Waals surface area contributed by atoms with E-state index in [0.29, 0.717) is 30.6 Å². The number of hydrogen-bond donors (Lipinski definition) is 0. The number of hydrogen-bond acceptors (Lipinski definition) is 4. The molecule has 2 aromatic carbocycles. The van der Waals surface area contributed by atoms with E-state index in [0.717, 1.165) is 11.1 Å². The van der Waals surface area contributed by atoms with Gasteiger partial charge in [0.25, 0.3) is 18.3 Å². The summed E-state index contributed by atoms with van der Waals surface area (Å²) in [7, 11) is 0. The van der Waals surface area contributed by atoms with E-state index >= 15 is 0 Å². The van der Waals surface area contributed by atoms with Crippen LogP contribution >= 0.6 is 0 Å². The van der Waals surface area contributed by atoms with E-state index in [1.807, 2.05) is 24.3 Å². The Balaban J connectivity index is 1.66. The van der Waals surface area contributed by atoms with E-state index < -0.39 is 0 Å². The lowest BCUT2D eigenvalue weighted by molar-refractivity contribution is -0.133. The number of rotatable bonds is 6. The molecular weight excluding hydrogens is 306 g/mol. The molecule has 1 atom stereocenters. The van der Waals surface area contributed by atoms with Crippen LogP contribution in [-0.2, 0) is 16.0 Å². The summed E-state index contributed by atoms with van der Waals surface area (Å²) in [6, 6.07) is 14.5. The Morgan fingerprint density at radius 1 is 1.00 bits per heavy atom. The standard InChI is InChI=1S/C19H17NO4/c1-13(24-12-21)15-8-6-14(7-9-15)10-11-20-18(22)16-4-2-3-5-17(16)19(20)23/h2-9,12-13H,10-11H2,1H3/t13-/m0/s1. The molecule has 0 fully saturated rings. The van der Waals surface area contributed by atoms with Gasteiger partial charge in [-0.15, -0.1) is 0 Å². The van der Waals surface area contributed by atoms with Crippen LogP contribution in [-0.4, -0.2) is 29.7 Å². The third-order valence-corrected chi connectivity index (χ3v) is 4.21. The molecule has 0 aromatic heterocycles. The van der Waals surface area contributed by atoms with Crippen molar-refractivity contribution in [3.8, 4) is 0 Å². The summed E-state index contributed by atoms with van der Waals surface area (Å²) >= 11 is 0. The second-order valence-electron chi connectivity index (χ2n) is 5.67. The molecule has 122 valence electrons. The number of nitrogens with zero attached hydrogens (tertiary/aromatic N) is 1. The SMILES string of the molecule is C[C@H](OC=O)c1ccc(CCN2C(=O)c3ccccc3C2=O)cc1. The fourth-order valence-electron chi connectivity index (χ4n) is 2.80. The highest BCUT2D eigenvalue weighted by Crippen LogP contribution is 2.23. The lowest BCUT2D eigenvalue weighted by Gasteiger charge is -2.14. The highest BCUT2D eigenvalue weighted by molar-refractivity contribution is 6.21. The van der Waals surface area contributed by atoms with E-state index in [-0.39, 0.29) is 17.9 Å². The summed E-state index contributed by atoms with van der Waals surface area (Å²) in [6.45, 7) is 2.56. The number of amides is 2. The number of fused-ring (bicyclic) bond motifs is 1. The molecule has 1 heterocycles. The third kappa shape index (κ3) is 2.93. The minimum Gasteiger partial charge on any atom is -0.460 e. The first-order valence-electron chi connectivity index (χ1n) is 7.75. The van der Waals surface area contributed by atoms with E-state index in [1.54, 1.807) is 31.2 Å². The minimum atomic E-state index is -0.298. The van der Waals surface area contributed by atoms with Crippen molar-refractivity contribution in [1.29, 1.82) is 0 Å². The molecule has 0 bridgehead atoms. The number of carbonyl (C=O) groups is 3. The average molecular weight is 323 g/mol. The molecule has 2 amide bonds. The van der Waals surface area contributed by atoms with Gasteiger partial charge in [-0.05, 0) is 36.6 Å². The summed E-state index contributed by atoms with van der Waals surface area (Å²) < 4.78 is 4.89. The molecule has 1 aliphatic rings. The molecule has 5 nitrogen and oxygen atoms in total. The highest BCUT2D eigenvalue weighted by Gasteiger charge is 2.34. The molecule has 0 unspecified atom stereocenters. The van der Waals surface area contributed by atoms with Crippen molar-refractivity contribution in [2.45, 2.75) is 19.4 Å². The largest absolute Gasteiger partial charge is 0.460 e. The van der Waals surface area contributed by atoms with Crippen LogP contribution in [0.2, 0.25) is 0 Å². The predicted octanol–water partition coefficient (Wildman–Crippen LogP) is 2.76. The van der Waals surface area contributed by atoms with Crippen LogP contribution in [0.25, 0.3) is 0 Å². The smallest absolute Gasteiger partial charge is 0.293 e. The molecule has 0 aliphatic carbocycles. The van der Waals surface area contributed by atoms with Gasteiger partial charge in [0, 0.05) is 6.54 Å². The van der Waals surface area contributed by atoms with Gasteiger partial charge in [0.15, 0.2) is 0 Å². The van der Waals surface area contributed by atoms with Gasteiger partial charge in [-0.3, -0.25) is 19.3 Å². The molecular formula is C19H17NO4. The minimum absolute atomic E-state index is 0.236. The maximum absolute atomic E-state index is 12.3. The quantitative estimate of drug-likeness (QED) is 0.606. The Morgan fingerprint density at radius 2 is 1.58 bits per heavy atom. The first-order valence-corrected chi connectivity index (χ1v) is 7.75. The maximum atomic E-state index is 12.3. The normalized spacial score (nSPS) is 14.5. The lowest BCUT2D eigenvalue weighted by Crippen LogP contribution is -2.31. The van der Waals surface area contributed by atoms with E-state index in [9.17, 15) is 14.4 Å². The van der Waals surface area contributed by atoms with Crippen LogP contribution in [0.1, 0.15) is 44.9 Å². The Bertz CT molecular complexity index is 747. The molecule has 0 radical (unpaired) electrons. The van der Waals surface area contributed by atoms with Gasteiger partial charge < -0.3 is 4.74 Å². The number of ether oxygens (including phenoxy) is 1. The third-order valence-electron chi connectivity index (χ3n) is 4.21. The van der Waals surface area contributed by atoms with Gasteiger partial charge in [0.05, 0.1) is 11.1 Å². The van der Waals surface area contributed by atoms with Crippen LogP contribution in [0.15, 0.2) is 48.5 Å². The molecule has 5 heteroatoms. The molecule has 0 N–H and O–H groups in total. The Labute approximate surface area is 139 Å². The summed E-state index contributed by atoms with van der Waals surface area (Å²) in [5.41, 5.74) is 2.84. The van der Waals surface area contributed by atoms with Gasteiger partial charge in [-0.1, -0.05) is 36.4 Å². The lowest BCUT2D eigenvalue weighted by atomic mass is 10.1. The van der Waals surface area contributed by atoms with Crippen LogP contribution in [0.3, 0.4) is 0 Å². The zero-order valence-corrected chi connectivity index (χ0v) is 13.3. The molecule has 0 saturated carbocycles. The van der Waals surface area contributed by atoms with Crippen LogP contribution in [0, 0.1) is 0 Å². The fraction of sp³-hybridized carbons (Fsp3) is 0.211.